The summed E-state index contributed by atoms with van der Waals surface area (Å²) in [6.07, 6.45) is 2.75. The van der Waals surface area contributed by atoms with Gasteiger partial charge in [-0.1, -0.05) is 6.92 Å². The van der Waals surface area contributed by atoms with Crippen LogP contribution in [0.4, 0.5) is 5.69 Å². The largest absolute Gasteiger partial charge is 0.493 e. The maximum absolute atomic E-state index is 12.1. The average molecular weight is 304 g/mol. The van der Waals surface area contributed by atoms with Gasteiger partial charge < -0.3 is 19.9 Å². The predicted molar refractivity (Wildman–Crippen MR) is 84.7 cm³/mol. The first-order chi connectivity index (χ1) is 10.6. The molecule has 0 spiro atoms. The van der Waals surface area contributed by atoms with Crippen molar-refractivity contribution in [3.8, 4) is 11.5 Å². The Morgan fingerprint density at radius 1 is 1.27 bits per heavy atom. The normalized spacial score (nSPS) is 13.4. The molecule has 1 aromatic carbocycles. The van der Waals surface area contributed by atoms with Gasteiger partial charge in [-0.15, -0.1) is 0 Å². The molecule has 2 N–H and O–H groups in total. The predicted octanol–water partition coefficient (Wildman–Crippen LogP) is 2.43. The number of methoxy groups -OCH3 is 2. The summed E-state index contributed by atoms with van der Waals surface area (Å²) in [6.45, 7) is 2.32. The minimum Gasteiger partial charge on any atom is -0.493 e. The highest BCUT2D eigenvalue weighted by molar-refractivity contribution is 6.03. The standard InChI is InChI=1S/C16H20N2O4/c1-4-5-22-16(19)11-6-10-7-13(20-2)14(21-3)9-12(10)18-15(17)8-11/h6-7,9H,4-5,8H2,1-3H3,(H2,17,18). The van der Waals surface area contributed by atoms with Crippen molar-refractivity contribution in [1.82, 2.24) is 0 Å². The molecule has 0 atom stereocenters. The summed E-state index contributed by atoms with van der Waals surface area (Å²) >= 11 is 0. The van der Waals surface area contributed by atoms with Crippen LogP contribution in [0, 0.1) is 0 Å². The van der Waals surface area contributed by atoms with Crippen LogP contribution in [0.3, 0.4) is 0 Å². The van der Waals surface area contributed by atoms with E-state index in [1.807, 2.05) is 6.92 Å². The fourth-order valence-electron chi connectivity index (χ4n) is 2.14. The number of nitrogens with two attached hydrogens (primary N) is 1. The van der Waals surface area contributed by atoms with Crippen LogP contribution < -0.4 is 15.2 Å². The first-order valence-corrected chi connectivity index (χ1v) is 7.05. The smallest absolute Gasteiger partial charge is 0.334 e. The van der Waals surface area contributed by atoms with Gasteiger partial charge in [0.25, 0.3) is 0 Å². The zero-order valence-corrected chi connectivity index (χ0v) is 13.0. The highest BCUT2D eigenvalue weighted by Crippen LogP contribution is 2.37. The number of benzene rings is 1. The van der Waals surface area contributed by atoms with E-state index in [0.717, 1.165) is 12.0 Å². The molecule has 0 radical (unpaired) electrons. The molecule has 0 unspecified atom stereocenters. The quantitative estimate of drug-likeness (QED) is 0.845. The molecule has 0 fully saturated rings. The first-order valence-electron chi connectivity index (χ1n) is 7.05. The number of amidine groups is 1. The molecule has 2 rings (SSSR count). The number of hydrogen-bond donors (Lipinski definition) is 1. The zero-order valence-electron chi connectivity index (χ0n) is 13.0. The van der Waals surface area contributed by atoms with Gasteiger partial charge in [-0.25, -0.2) is 9.79 Å². The SMILES string of the molecule is CCCOC(=O)C1=Cc2cc(OC)c(OC)cc2N=C(N)C1. The average Bonchev–Trinajstić information content (AvgIpc) is 2.68. The van der Waals surface area contributed by atoms with Gasteiger partial charge in [0.05, 0.1) is 26.5 Å². The number of fused-ring (bicyclic) bond motifs is 1. The Bertz CT molecular complexity index is 635. The molecule has 0 amide bonds. The fraction of sp³-hybridized carbons (Fsp3) is 0.375. The van der Waals surface area contributed by atoms with Crippen molar-refractivity contribution < 1.29 is 19.0 Å². The van der Waals surface area contributed by atoms with Crippen molar-refractivity contribution in [3.05, 3.63) is 23.3 Å². The highest BCUT2D eigenvalue weighted by atomic mass is 16.5. The second-order valence-corrected chi connectivity index (χ2v) is 4.85. The Morgan fingerprint density at radius 3 is 2.59 bits per heavy atom. The van der Waals surface area contributed by atoms with Crippen LogP contribution in [0.2, 0.25) is 0 Å². The maximum Gasteiger partial charge on any atom is 0.334 e. The van der Waals surface area contributed by atoms with Crippen molar-refractivity contribution in [2.24, 2.45) is 10.7 Å². The minimum absolute atomic E-state index is 0.252. The van der Waals surface area contributed by atoms with Crippen LogP contribution >= 0.6 is 0 Å². The lowest BCUT2D eigenvalue weighted by molar-refractivity contribution is -0.138. The van der Waals surface area contributed by atoms with Crippen molar-refractivity contribution in [3.63, 3.8) is 0 Å². The summed E-state index contributed by atoms with van der Waals surface area (Å²) in [7, 11) is 3.11. The van der Waals surface area contributed by atoms with E-state index in [0.29, 0.717) is 35.2 Å². The lowest BCUT2D eigenvalue weighted by Gasteiger charge is -2.10. The third-order valence-corrected chi connectivity index (χ3v) is 3.20. The van der Waals surface area contributed by atoms with E-state index in [2.05, 4.69) is 4.99 Å². The lowest BCUT2D eigenvalue weighted by atomic mass is 10.1. The zero-order chi connectivity index (χ0) is 16.1. The van der Waals surface area contributed by atoms with Gasteiger partial charge in [0.1, 0.15) is 5.84 Å². The summed E-state index contributed by atoms with van der Waals surface area (Å²) in [6, 6.07) is 3.50. The van der Waals surface area contributed by atoms with Crippen LogP contribution in [0.5, 0.6) is 11.5 Å². The second kappa shape index (κ2) is 6.98. The summed E-state index contributed by atoms with van der Waals surface area (Å²) in [4.78, 5) is 16.4. The number of nitrogens with zero attached hydrogens (tertiary/aromatic N) is 1. The Kier molecular flexibility index (Phi) is 5.04. The Balaban J connectivity index is 2.45. The van der Waals surface area contributed by atoms with E-state index in [-0.39, 0.29) is 12.4 Å². The number of hydrogen-bond acceptors (Lipinski definition) is 6. The van der Waals surface area contributed by atoms with Crippen LogP contribution in [0.25, 0.3) is 6.08 Å². The molecule has 1 heterocycles. The van der Waals surface area contributed by atoms with Crippen LogP contribution in [0.1, 0.15) is 25.3 Å². The Morgan fingerprint density at radius 2 is 1.95 bits per heavy atom. The first kappa shape index (κ1) is 15.9. The third kappa shape index (κ3) is 3.39. The van der Waals surface area contributed by atoms with Gasteiger partial charge in [0.2, 0.25) is 0 Å². The molecule has 1 aliphatic heterocycles. The number of carbonyl (C=O) groups is 1. The summed E-state index contributed by atoms with van der Waals surface area (Å²) in [5, 5.41) is 0. The van der Waals surface area contributed by atoms with Crippen molar-refractivity contribution in [1.29, 1.82) is 0 Å². The molecule has 1 aliphatic rings. The summed E-state index contributed by atoms with van der Waals surface area (Å²) in [5.74, 6) is 1.10. The molecule has 0 aromatic heterocycles. The molecule has 118 valence electrons. The number of rotatable bonds is 5. The van der Waals surface area contributed by atoms with Crippen LogP contribution in [-0.2, 0) is 9.53 Å². The summed E-state index contributed by atoms with van der Waals surface area (Å²) < 4.78 is 15.7. The summed E-state index contributed by atoms with van der Waals surface area (Å²) in [5.41, 5.74) is 7.74. The second-order valence-electron chi connectivity index (χ2n) is 4.85. The van der Waals surface area contributed by atoms with E-state index in [9.17, 15) is 4.79 Å². The lowest BCUT2D eigenvalue weighted by Crippen LogP contribution is -2.16. The third-order valence-electron chi connectivity index (χ3n) is 3.20. The van der Waals surface area contributed by atoms with E-state index >= 15 is 0 Å². The minimum atomic E-state index is -0.373. The number of carbonyl (C=O) groups excluding carboxylic acids is 1. The Hall–Kier alpha value is -2.50. The van der Waals surface area contributed by atoms with E-state index in [1.54, 1.807) is 32.4 Å². The van der Waals surface area contributed by atoms with E-state index in [1.165, 1.54) is 0 Å². The monoisotopic (exact) mass is 304 g/mol. The van der Waals surface area contributed by atoms with Crippen molar-refractivity contribution in [2.75, 3.05) is 20.8 Å². The molecule has 0 aliphatic carbocycles. The van der Waals surface area contributed by atoms with E-state index in [4.69, 9.17) is 19.9 Å². The number of esters is 1. The molecule has 6 heteroatoms. The van der Waals surface area contributed by atoms with Gasteiger partial charge >= 0.3 is 5.97 Å². The van der Waals surface area contributed by atoms with Crippen LogP contribution in [0.15, 0.2) is 22.7 Å². The molecular formula is C16H20N2O4. The molecule has 0 bridgehead atoms. The van der Waals surface area contributed by atoms with Gasteiger partial charge in [-0.3, -0.25) is 0 Å². The molecule has 6 nitrogen and oxygen atoms in total. The number of aliphatic imine (C=N–C) groups is 1. The Labute approximate surface area is 129 Å². The molecule has 0 saturated heterocycles. The molecule has 22 heavy (non-hydrogen) atoms. The maximum atomic E-state index is 12.1. The van der Waals surface area contributed by atoms with Gasteiger partial charge in [0, 0.05) is 23.6 Å². The number of ether oxygens (including phenoxy) is 3. The fourth-order valence-corrected chi connectivity index (χ4v) is 2.14. The van der Waals surface area contributed by atoms with Crippen molar-refractivity contribution in [2.45, 2.75) is 19.8 Å². The van der Waals surface area contributed by atoms with Gasteiger partial charge in [-0.2, -0.15) is 0 Å². The van der Waals surface area contributed by atoms with Crippen molar-refractivity contribution >= 4 is 23.6 Å². The molecule has 0 saturated carbocycles. The van der Waals surface area contributed by atoms with Gasteiger partial charge in [0.15, 0.2) is 11.5 Å². The molecule has 1 aromatic rings. The van der Waals surface area contributed by atoms with Crippen LogP contribution in [-0.4, -0.2) is 32.6 Å². The van der Waals surface area contributed by atoms with Gasteiger partial charge in [-0.05, 0) is 18.6 Å². The highest BCUT2D eigenvalue weighted by Gasteiger charge is 2.19. The molecular weight excluding hydrogens is 284 g/mol. The topological polar surface area (TPSA) is 83.1 Å². The van der Waals surface area contributed by atoms with E-state index < -0.39 is 0 Å².